The molecule has 104 valence electrons. The topological polar surface area (TPSA) is 64.7 Å². The highest BCUT2D eigenvalue weighted by Crippen LogP contribution is 2.29. The number of pyridine rings is 1. The van der Waals surface area contributed by atoms with E-state index in [1.807, 2.05) is 49.4 Å². The second kappa shape index (κ2) is 5.77. The third-order valence-electron chi connectivity index (χ3n) is 3.09. The van der Waals surface area contributed by atoms with Gasteiger partial charge in [0.1, 0.15) is 5.82 Å². The highest BCUT2D eigenvalue weighted by Gasteiger charge is 2.13. The molecule has 0 aliphatic rings. The summed E-state index contributed by atoms with van der Waals surface area (Å²) < 4.78 is 0.864. The van der Waals surface area contributed by atoms with Crippen LogP contribution in [0.15, 0.2) is 48.7 Å². The highest BCUT2D eigenvalue weighted by atomic mass is 127. The van der Waals surface area contributed by atoms with Crippen molar-refractivity contribution < 1.29 is 0 Å². The molecule has 21 heavy (non-hydrogen) atoms. The number of anilines is 1. The van der Waals surface area contributed by atoms with Gasteiger partial charge in [-0.25, -0.2) is 9.97 Å². The van der Waals surface area contributed by atoms with E-state index < -0.39 is 0 Å². The van der Waals surface area contributed by atoms with Gasteiger partial charge in [0, 0.05) is 23.0 Å². The fourth-order valence-corrected chi connectivity index (χ4v) is 2.53. The molecular formula is C16H13IN4. The minimum atomic E-state index is 0.486. The summed E-state index contributed by atoms with van der Waals surface area (Å²) in [5.74, 6) is 1.08. The number of halogens is 1. The monoisotopic (exact) mass is 388 g/mol. The smallest absolute Gasteiger partial charge is 0.163 e. The summed E-state index contributed by atoms with van der Waals surface area (Å²) in [4.78, 5) is 13.3. The summed E-state index contributed by atoms with van der Waals surface area (Å²) >= 11 is 2.18. The van der Waals surface area contributed by atoms with Crippen molar-refractivity contribution in [2.24, 2.45) is 0 Å². The van der Waals surface area contributed by atoms with Crippen LogP contribution in [0.4, 0.5) is 5.82 Å². The Morgan fingerprint density at radius 1 is 0.952 bits per heavy atom. The van der Waals surface area contributed by atoms with Gasteiger partial charge in [0.15, 0.2) is 5.82 Å². The van der Waals surface area contributed by atoms with E-state index in [1.54, 1.807) is 6.20 Å². The lowest BCUT2D eigenvalue weighted by Crippen LogP contribution is -2.02. The Hall–Kier alpha value is -2.02. The molecule has 0 saturated carbocycles. The first-order chi connectivity index (χ1) is 10.1. The van der Waals surface area contributed by atoms with Crippen molar-refractivity contribution in [2.45, 2.75) is 6.92 Å². The van der Waals surface area contributed by atoms with E-state index >= 15 is 0 Å². The highest BCUT2D eigenvalue weighted by molar-refractivity contribution is 14.1. The van der Waals surface area contributed by atoms with E-state index in [4.69, 9.17) is 5.73 Å². The third-order valence-corrected chi connectivity index (χ3v) is 4.16. The zero-order valence-electron chi connectivity index (χ0n) is 11.4. The molecule has 2 N–H and O–H groups in total. The van der Waals surface area contributed by atoms with Crippen LogP contribution in [0.2, 0.25) is 0 Å². The minimum Gasteiger partial charge on any atom is -0.383 e. The van der Waals surface area contributed by atoms with E-state index in [2.05, 4.69) is 37.5 Å². The number of benzene rings is 1. The predicted molar refractivity (Wildman–Crippen MR) is 92.6 cm³/mol. The summed E-state index contributed by atoms with van der Waals surface area (Å²) in [7, 11) is 0. The first-order valence-electron chi connectivity index (χ1n) is 6.46. The van der Waals surface area contributed by atoms with Crippen molar-refractivity contribution in [3.63, 3.8) is 0 Å². The van der Waals surface area contributed by atoms with Gasteiger partial charge in [-0.3, -0.25) is 4.98 Å². The van der Waals surface area contributed by atoms with Crippen molar-refractivity contribution in [3.8, 4) is 22.6 Å². The zero-order valence-corrected chi connectivity index (χ0v) is 13.6. The van der Waals surface area contributed by atoms with E-state index in [1.165, 1.54) is 0 Å². The van der Waals surface area contributed by atoms with Crippen LogP contribution in [-0.4, -0.2) is 15.0 Å². The normalized spacial score (nSPS) is 10.6. The van der Waals surface area contributed by atoms with Gasteiger partial charge in [-0.05, 0) is 41.6 Å². The van der Waals surface area contributed by atoms with Crippen molar-refractivity contribution in [1.82, 2.24) is 15.0 Å². The molecule has 2 heterocycles. The summed E-state index contributed by atoms with van der Waals surface area (Å²) in [6, 6.07) is 13.9. The molecule has 5 heteroatoms. The first kappa shape index (κ1) is 13.9. The average Bonchev–Trinajstić information content (AvgIpc) is 2.51. The summed E-state index contributed by atoms with van der Waals surface area (Å²) in [6.07, 6.45) is 1.77. The zero-order chi connectivity index (χ0) is 14.8. The number of rotatable bonds is 2. The van der Waals surface area contributed by atoms with Gasteiger partial charge in [-0.15, -0.1) is 0 Å². The molecule has 0 radical (unpaired) electrons. The van der Waals surface area contributed by atoms with Gasteiger partial charge in [-0.1, -0.05) is 30.3 Å². The Bertz CT molecular complexity index is 770. The number of nitrogen functional groups attached to an aromatic ring is 1. The second-order valence-electron chi connectivity index (χ2n) is 4.65. The Balaban J connectivity index is 2.16. The number of aryl methyl sites for hydroxylation is 1. The van der Waals surface area contributed by atoms with Gasteiger partial charge < -0.3 is 5.73 Å². The molecular weight excluding hydrogens is 375 g/mol. The standard InChI is InChI=1S/C16H13IN4/c1-10-7-8-12(9-19-10)16-20-14(13(17)15(18)21-16)11-5-3-2-4-6-11/h2-9H,1H3,(H2,18,20,21). The van der Waals surface area contributed by atoms with Gasteiger partial charge >= 0.3 is 0 Å². The maximum atomic E-state index is 6.05. The molecule has 0 bridgehead atoms. The van der Waals surface area contributed by atoms with Crippen LogP contribution in [0.5, 0.6) is 0 Å². The SMILES string of the molecule is Cc1ccc(-c2nc(N)c(I)c(-c3ccccc3)n2)cn1. The molecule has 0 aliphatic carbocycles. The van der Waals surface area contributed by atoms with Crippen molar-refractivity contribution in [1.29, 1.82) is 0 Å². The van der Waals surface area contributed by atoms with Crippen LogP contribution >= 0.6 is 22.6 Å². The van der Waals surface area contributed by atoms with Crippen LogP contribution in [0, 0.1) is 10.5 Å². The average molecular weight is 388 g/mol. The molecule has 0 spiro atoms. The molecule has 0 fully saturated rings. The van der Waals surface area contributed by atoms with E-state index in [0.29, 0.717) is 11.6 Å². The molecule has 3 aromatic rings. The lowest BCUT2D eigenvalue weighted by molar-refractivity contribution is 1.14. The van der Waals surface area contributed by atoms with Crippen LogP contribution in [-0.2, 0) is 0 Å². The first-order valence-corrected chi connectivity index (χ1v) is 7.54. The largest absolute Gasteiger partial charge is 0.383 e. The number of aromatic nitrogens is 3. The quantitative estimate of drug-likeness (QED) is 0.680. The maximum Gasteiger partial charge on any atom is 0.163 e. The molecule has 3 rings (SSSR count). The van der Waals surface area contributed by atoms with Crippen LogP contribution < -0.4 is 5.73 Å². The Morgan fingerprint density at radius 3 is 2.38 bits per heavy atom. The fraction of sp³-hybridized carbons (Fsp3) is 0.0625. The molecule has 0 amide bonds. The summed E-state index contributed by atoms with van der Waals surface area (Å²) in [6.45, 7) is 1.95. The molecule has 0 atom stereocenters. The third kappa shape index (κ3) is 2.87. The molecule has 4 nitrogen and oxygen atoms in total. The Labute approximate surface area is 136 Å². The molecule has 0 unspecified atom stereocenters. The van der Waals surface area contributed by atoms with Crippen LogP contribution in [0.3, 0.4) is 0 Å². The molecule has 0 aliphatic heterocycles. The van der Waals surface area contributed by atoms with Crippen molar-refractivity contribution >= 4 is 28.4 Å². The van der Waals surface area contributed by atoms with Gasteiger partial charge in [0.25, 0.3) is 0 Å². The molecule has 1 aromatic carbocycles. The van der Waals surface area contributed by atoms with Crippen molar-refractivity contribution in [3.05, 3.63) is 57.9 Å². The van der Waals surface area contributed by atoms with Gasteiger partial charge in [0.05, 0.1) is 9.26 Å². The van der Waals surface area contributed by atoms with E-state index in [0.717, 1.165) is 26.1 Å². The number of nitrogens with zero attached hydrogens (tertiary/aromatic N) is 3. The Morgan fingerprint density at radius 2 is 1.71 bits per heavy atom. The fourth-order valence-electron chi connectivity index (χ4n) is 1.98. The van der Waals surface area contributed by atoms with E-state index in [-0.39, 0.29) is 0 Å². The van der Waals surface area contributed by atoms with Gasteiger partial charge in [-0.2, -0.15) is 0 Å². The van der Waals surface area contributed by atoms with Crippen molar-refractivity contribution in [2.75, 3.05) is 5.73 Å². The number of nitrogens with two attached hydrogens (primary N) is 1. The van der Waals surface area contributed by atoms with Crippen LogP contribution in [0.1, 0.15) is 5.69 Å². The van der Waals surface area contributed by atoms with E-state index in [9.17, 15) is 0 Å². The molecule has 0 saturated heterocycles. The summed E-state index contributed by atoms with van der Waals surface area (Å²) in [5, 5.41) is 0. The molecule has 2 aromatic heterocycles. The second-order valence-corrected chi connectivity index (χ2v) is 5.73. The minimum absolute atomic E-state index is 0.486. The maximum absolute atomic E-state index is 6.05. The number of hydrogen-bond donors (Lipinski definition) is 1. The Kier molecular flexibility index (Phi) is 3.83. The van der Waals surface area contributed by atoms with Crippen LogP contribution in [0.25, 0.3) is 22.6 Å². The predicted octanol–water partition coefficient (Wildman–Crippen LogP) is 3.70. The summed E-state index contributed by atoms with van der Waals surface area (Å²) in [5.41, 5.74) is 9.74. The lowest BCUT2D eigenvalue weighted by Gasteiger charge is -2.09. The number of hydrogen-bond acceptors (Lipinski definition) is 4. The lowest BCUT2D eigenvalue weighted by atomic mass is 10.1. The van der Waals surface area contributed by atoms with Gasteiger partial charge in [0.2, 0.25) is 0 Å².